The van der Waals surface area contributed by atoms with Gasteiger partial charge in [0.05, 0.1) is 15.5 Å². The van der Waals surface area contributed by atoms with E-state index in [1.807, 2.05) is 6.92 Å². The SMILES string of the molecule is CC1(CN)CCN(C(=O)c2ccc([N+](=O)[O-])cc2Cl)C1.Cl. The van der Waals surface area contributed by atoms with E-state index >= 15 is 0 Å². The van der Waals surface area contributed by atoms with E-state index < -0.39 is 4.92 Å². The highest BCUT2D eigenvalue weighted by atomic mass is 35.5. The highest BCUT2D eigenvalue weighted by Crippen LogP contribution is 2.31. The molecule has 1 fully saturated rings. The van der Waals surface area contributed by atoms with E-state index in [4.69, 9.17) is 17.3 Å². The quantitative estimate of drug-likeness (QED) is 0.679. The van der Waals surface area contributed by atoms with Crippen molar-refractivity contribution in [1.29, 1.82) is 0 Å². The number of hydrogen-bond donors (Lipinski definition) is 1. The van der Waals surface area contributed by atoms with Crippen LogP contribution in [0.4, 0.5) is 5.69 Å². The molecule has 1 amide bonds. The molecule has 1 aromatic carbocycles. The average molecular weight is 334 g/mol. The van der Waals surface area contributed by atoms with Gasteiger partial charge in [0.25, 0.3) is 11.6 Å². The Morgan fingerprint density at radius 2 is 2.24 bits per heavy atom. The molecule has 0 aromatic heterocycles. The van der Waals surface area contributed by atoms with E-state index in [1.165, 1.54) is 18.2 Å². The number of rotatable bonds is 3. The Morgan fingerprint density at radius 1 is 1.57 bits per heavy atom. The van der Waals surface area contributed by atoms with Crippen LogP contribution in [0.1, 0.15) is 23.7 Å². The monoisotopic (exact) mass is 333 g/mol. The maximum Gasteiger partial charge on any atom is 0.270 e. The number of likely N-dealkylation sites (tertiary alicyclic amines) is 1. The Balaban J connectivity index is 0.00000220. The zero-order valence-corrected chi connectivity index (χ0v) is 13.1. The van der Waals surface area contributed by atoms with E-state index in [1.54, 1.807) is 4.90 Å². The minimum absolute atomic E-state index is 0. The molecule has 1 unspecified atom stereocenters. The van der Waals surface area contributed by atoms with Crippen molar-refractivity contribution in [2.24, 2.45) is 11.1 Å². The van der Waals surface area contributed by atoms with Crippen LogP contribution in [0.25, 0.3) is 0 Å². The van der Waals surface area contributed by atoms with Gasteiger partial charge in [0.15, 0.2) is 0 Å². The fourth-order valence-corrected chi connectivity index (χ4v) is 2.58. The van der Waals surface area contributed by atoms with Crippen LogP contribution in [-0.4, -0.2) is 35.4 Å². The summed E-state index contributed by atoms with van der Waals surface area (Å²) >= 11 is 5.98. The van der Waals surface area contributed by atoms with E-state index in [0.29, 0.717) is 25.2 Å². The largest absolute Gasteiger partial charge is 0.338 e. The van der Waals surface area contributed by atoms with E-state index in [0.717, 1.165) is 6.42 Å². The summed E-state index contributed by atoms with van der Waals surface area (Å²) in [5.74, 6) is -0.206. The van der Waals surface area contributed by atoms with E-state index in [2.05, 4.69) is 0 Å². The van der Waals surface area contributed by atoms with Crippen LogP contribution in [-0.2, 0) is 0 Å². The van der Waals surface area contributed by atoms with Gasteiger partial charge >= 0.3 is 0 Å². The molecule has 1 aliphatic rings. The predicted molar refractivity (Wildman–Crippen MR) is 83.0 cm³/mol. The van der Waals surface area contributed by atoms with Crippen molar-refractivity contribution in [3.63, 3.8) is 0 Å². The van der Waals surface area contributed by atoms with Crippen LogP contribution in [0.15, 0.2) is 18.2 Å². The highest BCUT2D eigenvalue weighted by molar-refractivity contribution is 6.34. The van der Waals surface area contributed by atoms with Gasteiger partial charge in [-0.3, -0.25) is 14.9 Å². The first-order valence-corrected chi connectivity index (χ1v) is 6.67. The molecule has 116 valence electrons. The van der Waals surface area contributed by atoms with Gasteiger partial charge < -0.3 is 10.6 Å². The van der Waals surface area contributed by atoms with Gasteiger partial charge in [0, 0.05) is 25.2 Å². The molecule has 1 aliphatic heterocycles. The number of carbonyl (C=O) groups excluding carboxylic acids is 1. The summed E-state index contributed by atoms with van der Waals surface area (Å²) in [5, 5.41) is 10.8. The molecular weight excluding hydrogens is 317 g/mol. The summed E-state index contributed by atoms with van der Waals surface area (Å²) in [6, 6.07) is 3.89. The third-order valence-corrected chi connectivity index (χ3v) is 4.04. The minimum Gasteiger partial charge on any atom is -0.338 e. The summed E-state index contributed by atoms with van der Waals surface area (Å²) in [5.41, 5.74) is 5.81. The number of halogens is 2. The van der Waals surface area contributed by atoms with Crippen molar-refractivity contribution in [2.45, 2.75) is 13.3 Å². The number of non-ortho nitro benzene ring substituents is 1. The number of nitro benzene ring substituents is 1. The normalized spacial score (nSPS) is 21.0. The maximum atomic E-state index is 12.4. The first-order valence-electron chi connectivity index (χ1n) is 6.29. The van der Waals surface area contributed by atoms with Gasteiger partial charge in [-0.1, -0.05) is 18.5 Å². The second kappa shape index (κ2) is 6.60. The van der Waals surface area contributed by atoms with Crippen molar-refractivity contribution in [3.05, 3.63) is 38.9 Å². The number of benzene rings is 1. The third-order valence-electron chi connectivity index (χ3n) is 3.73. The van der Waals surface area contributed by atoms with Crippen LogP contribution in [0, 0.1) is 15.5 Å². The second-order valence-electron chi connectivity index (χ2n) is 5.41. The molecule has 8 heteroatoms. The van der Waals surface area contributed by atoms with Crippen LogP contribution >= 0.6 is 24.0 Å². The summed E-state index contributed by atoms with van der Waals surface area (Å²) in [6.45, 7) is 3.76. The lowest BCUT2D eigenvalue weighted by molar-refractivity contribution is -0.384. The standard InChI is InChI=1S/C13H16ClN3O3.ClH/c1-13(7-15)4-5-16(8-13)12(18)10-3-2-9(17(19)20)6-11(10)14;/h2-3,6H,4-5,7-8,15H2,1H3;1H. The topological polar surface area (TPSA) is 89.5 Å². The lowest BCUT2D eigenvalue weighted by Crippen LogP contribution is -2.34. The first kappa shape index (κ1) is 17.7. The second-order valence-corrected chi connectivity index (χ2v) is 5.82. The van der Waals surface area contributed by atoms with E-state index in [-0.39, 0.29) is 34.4 Å². The Kier molecular flexibility index (Phi) is 5.55. The molecule has 2 rings (SSSR count). The molecule has 21 heavy (non-hydrogen) atoms. The summed E-state index contributed by atoms with van der Waals surface area (Å²) in [7, 11) is 0. The Bertz CT molecular complexity index is 568. The fraction of sp³-hybridized carbons (Fsp3) is 0.462. The van der Waals surface area contributed by atoms with Crippen molar-refractivity contribution >= 4 is 35.6 Å². The molecule has 6 nitrogen and oxygen atoms in total. The van der Waals surface area contributed by atoms with Gasteiger partial charge in [0.2, 0.25) is 0 Å². The molecule has 0 aliphatic carbocycles. The summed E-state index contributed by atoms with van der Waals surface area (Å²) < 4.78 is 0. The molecule has 1 aromatic rings. The highest BCUT2D eigenvalue weighted by Gasteiger charge is 2.35. The van der Waals surface area contributed by atoms with Crippen molar-refractivity contribution in [1.82, 2.24) is 4.90 Å². The molecule has 0 spiro atoms. The van der Waals surface area contributed by atoms with Crippen molar-refractivity contribution < 1.29 is 9.72 Å². The number of hydrogen-bond acceptors (Lipinski definition) is 4. The zero-order valence-electron chi connectivity index (χ0n) is 11.5. The number of nitrogens with zero attached hydrogens (tertiary/aromatic N) is 2. The molecule has 0 bridgehead atoms. The number of amides is 1. The molecule has 0 radical (unpaired) electrons. The van der Waals surface area contributed by atoms with Gasteiger partial charge in [-0.05, 0) is 24.4 Å². The molecule has 1 atom stereocenters. The van der Waals surface area contributed by atoms with Gasteiger partial charge in [-0.15, -0.1) is 12.4 Å². The van der Waals surface area contributed by atoms with Gasteiger partial charge in [-0.2, -0.15) is 0 Å². The predicted octanol–water partition coefficient (Wildman–Crippen LogP) is 2.48. The summed E-state index contributed by atoms with van der Waals surface area (Å²) in [6.07, 6.45) is 0.847. The number of nitrogens with two attached hydrogens (primary N) is 1. The maximum absolute atomic E-state index is 12.4. The average Bonchev–Trinajstić information content (AvgIpc) is 2.81. The molecule has 2 N–H and O–H groups in total. The zero-order chi connectivity index (χ0) is 14.9. The lowest BCUT2D eigenvalue weighted by atomic mass is 9.90. The Labute approximate surface area is 133 Å². The number of carbonyl (C=O) groups is 1. The third kappa shape index (κ3) is 3.64. The lowest BCUT2D eigenvalue weighted by Gasteiger charge is -2.22. The molecular formula is C13H17Cl2N3O3. The van der Waals surface area contributed by atoms with Crippen molar-refractivity contribution in [2.75, 3.05) is 19.6 Å². The Hall–Kier alpha value is -1.37. The van der Waals surface area contributed by atoms with Crippen LogP contribution in [0.5, 0.6) is 0 Å². The van der Waals surface area contributed by atoms with Gasteiger partial charge in [0.1, 0.15) is 0 Å². The molecule has 0 saturated carbocycles. The fourth-order valence-electron chi connectivity index (χ4n) is 2.33. The van der Waals surface area contributed by atoms with Gasteiger partial charge in [-0.25, -0.2) is 0 Å². The van der Waals surface area contributed by atoms with E-state index in [9.17, 15) is 14.9 Å². The Morgan fingerprint density at radius 3 is 2.71 bits per heavy atom. The summed E-state index contributed by atoms with van der Waals surface area (Å²) in [4.78, 5) is 24.2. The minimum atomic E-state index is -0.540. The molecule has 1 saturated heterocycles. The molecule has 1 heterocycles. The van der Waals surface area contributed by atoms with Crippen LogP contribution in [0.2, 0.25) is 5.02 Å². The van der Waals surface area contributed by atoms with Crippen LogP contribution < -0.4 is 5.73 Å². The van der Waals surface area contributed by atoms with Crippen LogP contribution in [0.3, 0.4) is 0 Å². The smallest absolute Gasteiger partial charge is 0.270 e. The first-order chi connectivity index (χ1) is 9.36. The number of nitro groups is 1. The van der Waals surface area contributed by atoms with Crippen molar-refractivity contribution in [3.8, 4) is 0 Å².